The molecule has 3 atom stereocenters. The summed E-state index contributed by atoms with van der Waals surface area (Å²) < 4.78 is 13.3. The van der Waals surface area contributed by atoms with E-state index in [0.717, 1.165) is 54.8 Å². The predicted molar refractivity (Wildman–Crippen MR) is 289 cm³/mol. The number of primary amides is 1. The number of fused-ring (bicyclic) bond motifs is 1. The van der Waals surface area contributed by atoms with Gasteiger partial charge in [-0.15, -0.1) is 0 Å². The van der Waals surface area contributed by atoms with Gasteiger partial charge in [0, 0.05) is 96.7 Å². The number of aromatic nitrogens is 3. The quantitative estimate of drug-likeness (QED) is 0.0304. The number of unbranched alkanes of at least 4 members (excludes halogenated alkanes) is 2. The Labute approximate surface area is 445 Å². The Balaban J connectivity index is 1.05. The Morgan fingerprint density at radius 3 is 2.22 bits per heavy atom. The molecule has 1 saturated heterocycles. The molecular weight excluding hydrogens is 975 g/mol. The molecule has 5 rings (SSSR count). The molecule has 0 spiro atoms. The van der Waals surface area contributed by atoms with Gasteiger partial charge in [-0.25, -0.2) is 14.6 Å². The normalized spacial score (nSPS) is 13.9. The van der Waals surface area contributed by atoms with Gasteiger partial charge in [0.2, 0.25) is 17.8 Å². The first-order chi connectivity index (χ1) is 36.4. The summed E-state index contributed by atoms with van der Waals surface area (Å²) in [5.41, 5.74) is 18.0. The van der Waals surface area contributed by atoms with Crippen molar-refractivity contribution in [1.82, 2.24) is 40.3 Å². The van der Waals surface area contributed by atoms with Crippen molar-refractivity contribution in [3.8, 4) is 0 Å². The molecule has 0 aliphatic carbocycles. The molecule has 1 fully saturated rings. The molecular formula is C55H79N11O10. The van der Waals surface area contributed by atoms with Crippen molar-refractivity contribution in [2.45, 2.75) is 118 Å². The fourth-order valence-electron chi connectivity index (χ4n) is 8.92. The van der Waals surface area contributed by atoms with Crippen molar-refractivity contribution in [2.24, 2.45) is 23.5 Å². The third kappa shape index (κ3) is 19.5. The largest absolute Gasteiger partial charge is 0.481 e. The maximum absolute atomic E-state index is 13.8. The Kier molecular flexibility index (Phi) is 23.9. The average molecular weight is 1050 g/mol. The van der Waals surface area contributed by atoms with Gasteiger partial charge in [-0.2, -0.15) is 4.98 Å². The minimum atomic E-state index is -1.06. The first kappa shape index (κ1) is 59.7. The fourth-order valence-corrected chi connectivity index (χ4v) is 8.92. The summed E-state index contributed by atoms with van der Waals surface area (Å²) in [6.07, 6.45) is 5.35. The second-order valence-electron chi connectivity index (χ2n) is 20.0. The zero-order valence-corrected chi connectivity index (χ0v) is 44.9. The number of piperazine rings is 1. The number of urea groups is 1. The molecule has 3 heterocycles. The van der Waals surface area contributed by atoms with Crippen molar-refractivity contribution >= 4 is 64.3 Å². The minimum Gasteiger partial charge on any atom is -0.481 e. The highest BCUT2D eigenvalue weighted by Crippen LogP contribution is 2.26. The Hall–Kier alpha value is -7.13. The number of nitrogen functional groups attached to an aromatic ring is 1. The number of aryl methyl sites for hydroxylation is 1. The molecule has 2 aromatic carbocycles. The van der Waals surface area contributed by atoms with Crippen LogP contribution >= 0.6 is 0 Å². The van der Waals surface area contributed by atoms with Crippen LogP contribution in [0.2, 0.25) is 0 Å². The van der Waals surface area contributed by atoms with Gasteiger partial charge >= 0.3 is 18.1 Å². The van der Waals surface area contributed by atoms with Gasteiger partial charge in [-0.05, 0) is 66.0 Å². The highest BCUT2D eigenvalue weighted by atomic mass is 16.6. The summed E-state index contributed by atoms with van der Waals surface area (Å²) >= 11 is 0. The lowest BCUT2D eigenvalue weighted by molar-refractivity contribution is -0.143. The first-order valence-electron chi connectivity index (χ1n) is 26.5. The van der Waals surface area contributed by atoms with Crippen molar-refractivity contribution in [2.75, 3.05) is 70.1 Å². The van der Waals surface area contributed by atoms with E-state index in [-0.39, 0.29) is 88.4 Å². The molecule has 2 aromatic heterocycles. The van der Waals surface area contributed by atoms with E-state index >= 15 is 0 Å². The third-order valence-electron chi connectivity index (χ3n) is 13.5. The predicted octanol–water partition coefficient (Wildman–Crippen LogP) is 5.34. The SMILES string of the molecule is CCCCCNc1nc(N)nc2ccn(Cc3ccc(CN4CCN(C(=O)OCc5ccc(CC(=O)[C@H](CCCNC(N)=O)NC(=O)[C@@H](CC(=O)CCOCCNC(=O)CC(C)C(=O)O)C(C)C)cc5)CC4)cc3C)c12. The molecule has 5 amide bonds. The van der Waals surface area contributed by atoms with Crippen LogP contribution in [0.15, 0.2) is 54.7 Å². The van der Waals surface area contributed by atoms with Gasteiger partial charge in [0.1, 0.15) is 17.9 Å². The second-order valence-corrected chi connectivity index (χ2v) is 20.0. The summed E-state index contributed by atoms with van der Waals surface area (Å²) in [7, 11) is 0. The molecule has 21 heteroatoms. The number of hydrogen-bond donors (Lipinski definition) is 7. The van der Waals surface area contributed by atoms with E-state index in [1.54, 1.807) is 29.2 Å². The lowest BCUT2D eigenvalue weighted by Crippen LogP contribution is -2.48. The summed E-state index contributed by atoms with van der Waals surface area (Å²) in [5, 5.41) is 20.4. The van der Waals surface area contributed by atoms with Crippen LogP contribution in [0.25, 0.3) is 11.0 Å². The van der Waals surface area contributed by atoms with Gasteiger partial charge in [0.05, 0.1) is 30.7 Å². The Morgan fingerprint density at radius 1 is 0.816 bits per heavy atom. The number of ether oxygens (including phenoxy) is 2. The lowest BCUT2D eigenvalue weighted by atomic mass is 9.88. The summed E-state index contributed by atoms with van der Waals surface area (Å²) in [6.45, 7) is 14.7. The number of anilines is 2. The first-order valence-corrected chi connectivity index (χ1v) is 26.5. The zero-order valence-electron chi connectivity index (χ0n) is 44.9. The molecule has 76 heavy (non-hydrogen) atoms. The number of hydrogen-bond acceptors (Lipinski definition) is 14. The number of nitrogens with zero attached hydrogens (tertiary/aromatic N) is 5. The third-order valence-corrected chi connectivity index (χ3v) is 13.5. The van der Waals surface area contributed by atoms with E-state index in [1.165, 1.54) is 23.6 Å². The standard InChI is InChI=1S/C55H79N11O10/c1-6-7-8-19-59-50-49-46(62-53(56)63-50)17-22-66(49)34-42-16-15-41(29-37(42)4)33-64-23-25-65(26-24-64)55(74)76-35-40-13-11-39(12-14-40)31-47(68)45(10-9-20-60-54(57)73)61-51(70)44(36(2)3)32-43(67)18-27-75-28-21-58-48(69)30-38(5)52(71)72/h11-17,22,29,36,38,44-45H,6-10,18-21,23-28,30-35H2,1-5H3,(H,58,69)(H,61,70)(H,71,72)(H3,57,60,73)(H3,56,59,62,63)/t38?,44-,45-/m0/s1. The molecule has 1 unspecified atom stereocenters. The van der Waals surface area contributed by atoms with Crippen molar-refractivity contribution < 1.29 is 48.1 Å². The van der Waals surface area contributed by atoms with E-state index < -0.39 is 47.8 Å². The number of aliphatic carboxylic acids is 1. The van der Waals surface area contributed by atoms with Gasteiger partial charge in [0.25, 0.3) is 0 Å². The molecule has 9 N–H and O–H groups in total. The number of carbonyl (C=O) groups is 7. The summed E-state index contributed by atoms with van der Waals surface area (Å²) in [4.78, 5) is 101. The van der Waals surface area contributed by atoms with Gasteiger partial charge in [0.15, 0.2) is 11.6 Å². The molecule has 414 valence electrons. The average Bonchev–Trinajstić information content (AvgIpc) is 3.78. The molecule has 21 nitrogen and oxygen atoms in total. The van der Waals surface area contributed by atoms with Crippen molar-refractivity contribution in [3.05, 3.63) is 82.5 Å². The van der Waals surface area contributed by atoms with E-state index in [0.29, 0.717) is 44.7 Å². The topological polar surface area (TPSA) is 296 Å². The molecule has 0 bridgehead atoms. The summed E-state index contributed by atoms with van der Waals surface area (Å²) in [6, 6.07) is 14.1. The van der Waals surface area contributed by atoms with E-state index in [4.69, 9.17) is 26.0 Å². The van der Waals surface area contributed by atoms with Crippen LogP contribution in [0, 0.1) is 24.7 Å². The highest BCUT2D eigenvalue weighted by Gasteiger charge is 2.30. The molecule has 4 aromatic rings. The van der Waals surface area contributed by atoms with E-state index in [2.05, 4.69) is 72.7 Å². The monoisotopic (exact) mass is 1050 g/mol. The smallest absolute Gasteiger partial charge is 0.410 e. The van der Waals surface area contributed by atoms with Gasteiger partial charge in [-0.1, -0.05) is 83.0 Å². The number of benzene rings is 2. The van der Waals surface area contributed by atoms with Gasteiger partial charge in [-0.3, -0.25) is 28.9 Å². The van der Waals surface area contributed by atoms with Crippen LogP contribution < -0.4 is 32.7 Å². The molecule has 0 saturated carbocycles. The number of amides is 5. The number of ketones is 2. The fraction of sp³-hybridized carbons (Fsp3) is 0.545. The maximum atomic E-state index is 13.8. The number of Topliss-reactive ketones (excluding diaryl/α,β-unsaturated/α-hetero) is 2. The van der Waals surface area contributed by atoms with Crippen molar-refractivity contribution in [1.29, 1.82) is 0 Å². The van der Waals surface area contributed by atoms with Crippen LogP contribution in [0.4, 0.5) is 21.4 Å². The number of nitrogens with two attached hydrogens (primary N) is 2. The second kappa shape index (κ2) is 30.4. The molecule has 1 aliphatic heterocycles. The van der Waals surface area contributed by atoms with Crippen LogP contribution in [-0.4, -0.2) is 136 Å². The number of carboxylic acid groups (broad SMARTS) is 1. The van der Waals surface area contributed by atoms with E-state index in [9.17, 15) is 33.6 Å². The Bertz CT molecular complexity index is 2580. The number of rotatable bonds is 32. The lowest BCUT2D eigenvalue weighted by Gasteiger charge is -2.34. The number of carboxylic acids is 1. The minimum absolute atomic E-state index is 0.000783. The zero-order chi connectivity index (χ0) is 55.1. The Morgan fingerprint density at radius 2 is 1.54 bits per heavy atom. The van der Waals surface area contributed by atoms with Crippen molar-refractivity contribution in [3.63, 3.8) is 0 Å². The van der Waals surface area contributed by atoms with Gasteiger partial charge < -0.3 is 56.8 Å². The number of carbonyl (C=O) groups excluding carboxylic acids is 6. The number of nitrogens with one attached hydrogen (secondary N) is 4. The van der Waals surface area contributed by atoms with E-state index in [1.807, 2.05) is 26.1 Å². The molecule has 1 aliphatic rings. The summed E-state index contributed by atoms with van der Waals surface area (Å²) in [5.74, 6) is -3.14. The van der Waals surface area contributed by atoms with Crippen LogP contribution in [-0.2, 0) is 59.6 Å². The van der Waals surface area contributed by atoms with Crippen LogP contribution in [0.3, 0.4) is 0 Å². The van der Waals surface area contributed by atoms with Crippen LogP contribution in [0.1, 0.15) is 107 Å². The van der Waals surface area contributed by atoms with Crippen LogP contribution in [0.5, 0.6) is 0 Å². The molecule has 0 radical (unpaired) electrons. The maximum Gasteiger partial charge on any atom is 0.410 e. The highest BCUT2D eigenvalue weighted by molar-refractivity contribution is 5.93.